The Morgan fingerprint density at radius 3 is 2.66 bits per heavy atom. The zero-order valence-corrected chi connectivity index (χ0v) is 21.2. The number of nitrogens with zero attached hydrogens (tertiary/aromatic N) is 1. The highest BCUT2D eigenvalue weighted by atomic mass is 35.5. The highest BCUT2D eigenvalue weighted by Gasteiger charge is 2.32. The number of aryl methyl sites for hydroxylation is 1. The first kappa shape index (κ1) is 25.4. The molecule has 0 spiro atoms. The summed E-state index contributed by atoms with van der Waals surface area (Å²) >= 11 is 13.8. The first-order chi connectivity index (χ1) is 15.2. The number of piperidine rings is 1. The van der Waals surface area contributed by atoms with E-state index in [4.69, 9.17) is 23.2 Å². The highest BCUT2D eigenvalue weighted by Crippen LogP contribution is 2.26. The zero-order chi connectivity index (χ0) is 23.1. The Morgan fingerprint density at radius 1 is 1.19 bits per heavy atom. The van der Waals surface area contributed by atoms with E-state index in [1.165, 1.54) is 21.5 Å². The molecule has 2 aromatic rings. The van der Waals surface area contributed by atoms with Crippen molar-refractivity contribution in [3.8, 4) is 0 Å². The number of carbonyl (C=O) groups excluding carboxylic acids is 1. The number of hydrogen-bond acceptors (Lipinski definition) is 4. The Hall–Kier alpha value is -1.25. The SMILES string of the molecule is Cc1ccc(CSCCNC(=O)[C@H]2CCCN(S(=O)(=O)Cc3ccc(Cl)cc3Cl)C2)cc1. The number of carbonyl (C=O) groups is 1. The Kier molecular flexibility index (Phi) is 9.32. The zero-order valence-electron chi connectivity index (χ0n) is 18.0. The molecule has 1 heterocycles. The van der Waals surface area contributed by atoms with Gasteiger partial charge in [-0.1, -0.05) is 59.1 Å². The first-order valence-corrected chi connectivity index (χ1v) is 14.1. The highest BCUT2D eigenvalue weighted by molar-refractivity contribution is 7.98. The van der Waals surface area contributed by atoms with Crippen LogP contribution in [0.4, 0.5) is 0 Å². The van der Waals surface area contributed by atoms with Crippen LogP contribution >= 0.6 is 35.0 Å². The summed E-state index contributed by atoms with van der Waals surface area (Å²) in [4.78, 5) is 12.6. The summed E-state index contributed by atoms with van der Waals surface area (Å²) in [5, 5.41) is 3.76. The number of amides is 1. The van der Waals surface area contributed by atoms with Crippen LogP contribution in [0.15, 0.2) is 42.5 Å². The molecular formula is C23H28Cl2N2O3S2. The maximum atomic E-state index is 12.9. The number of rotatable bonds is 9. The van der Waals surface area contributed by atoms with Gasteiger partial charge in [-0.05, 0) is 43.0 Å². The summed E-state index contributed by atoms with van der Waals surface area (Å²) in [7, 11) is -3.58. The molecule has 32 heavy (non-hydrogen) atoms. The van der Waals surface area contributed by atoms with E-state index in [-0.39, 0.29) is 24.1 Å². The standard InChI is InChI=1S/C23H28Cl2N2O3S2/c1-17-4-6-18(7-5-17)15-31-12-10-26-23(28)19-3-2-11-27(14-19)32(29,30)16-20-8-9-21(24)13-22(20)25/h4-9,13,19H,2-3,10-12,14-16H2,1H3,(H,26,28)/t19-/m0/s1. The maximum absolute atomic E-state index is 12.9. The fourth-order valence-corrected chi connectivity index (χ4v) is 6.62. The second-order valence-corrected chi connectivity index (χ2v) is 11.9. The molecule has 1 atom stereocenters. The van der Waals surface area contributed by atoms with Crippen LogP contribution in [0.1, 0.15) is 29.5 Å². The van der Waals surface area contributed by atoms with E-state index in [9.17, 15) is 13.2 Å². The summed E-state index contributed by atoms with van der Waals surface area (Å²) in [5.74, 6) is 1.10. The van der Waals surface area contributed by atoms with Crippen LogP contribution in [-0.2, 0) is 26.3 Å². The molecule has 0 aliphatic carbocycles. The average molecular weight is 516 g/mol. The molecule has 174 valence electrons. The Balaban J connectivity index is 1.45. The molecule has 1 fully saturated rings. The average Bonchev–Trinajstić information content (AvgIpc) is 2.77. The number of nitrogens with one attached hydrogen (secondary N) is 1. The van der Waals surface area contributed by atoms with Gasteiger partial charge in [0, 0.05) is 41.2 Å². The molecule has 1 aliphatic heterocycles. The van der Waals surface area contributed by atoms with Crippen LogP contribution in [0.5, 0.6) is 0 Å². The quantitative estimate of drug-likeness (QED) is 0.483. The molecule has 1 saturated heterocycles. The molecular weight excluding hydrogens is 487 g/mol. The molecule has 0 aromatic heterocycles. The summed E-state index contributed by atoms with van der Waals surface area (Å²) in [5.41, 5.74) is 3.01. The van der Waals surface area contributed by atoms with Crippen LogP contribution in [-0.4, -0.2) is 44.0 Å². The van der Waals surface area contributed by atoms with Crippen molar-refractivity contribution in [3.05, 3.63) is 69.2 Å². The van der Waals surface area contributed by atoms with Crippen LogP contribution in [0.3, 0.4) is 0 Å². The molecule has 3 rings (SSSR count). The monoisotopic (exact) mass is 514 g/mol. The van der Waals surface area contributed by atoms with E-state index in [0.717, 1.165) is 11.5 Å². The van der Waals surface area contributed by atoms with Gasteiger partial charge in [0.25, 0.3) is 0 Å². The van der Waals surface area contributed by atoms with Gasteiger partial charge in [-0.25, -0.2) is 12.7 Å². The third kappa shape index (κ3) is 7.39. The van der Waals surface area contributed by atoms with Gasteiger partial charge in [-0.2, -0.15) is 11.8 Å². The second kappa shape index (κ2) is 11.7. The van der Waals surface area contributed by atoms with E-state index in [2.05, 4.69) is 36.5 Å². The predicted octanol–water partition coefficient (Wildman–Crippen LogP) is 4.89. The van der Waals surface area contributed by atoms with Crippen LogP contribution in [0, 0.1) is 12.8 Å². The smallest absolute Gasteiger partial charge is 0.224 e. The Morgan fingerprint density at radius 2 is 1.94 bits per heavy atom. The fourth-order valence-electron chi connectivity index (χ4n) is 3.60. The number of halogens is 2. The van der Waals surface area contributed by atoms with Gasteiger partial charge < -0.3 is 5.32 Å². The molecule has 1 aliphatic rings. The fraction of sp³-hybridized carbons (Fsp3) is 0.435. The minimum atomic E-state index is -3.58. The first-order valence-electron chi connectivity index (χ1n) is 10.6. The van der Waals surface area contributed by atoms with Gasteiger partial charge in [-0.15, -0.1) is 0 Å². The van der Waals surface area contributed by atoms with E-state index < -0.39 is 10.0 Å². The van der Waals surface area contributed by atoms with Gasteiger partial charge in [0.1, 0.15) is 0 Å². The maximum Gasteiger partial charge on any atom is 0.224 e. The minimum Gasteiger partial charge on any atom is -0.355 e. The Labute approximate surface area is 204 Å². The third-order valence-electron chi connectivity index (χ3n) is 5.44. The minimum absolute atomic E-state index is 0.0784. The lowest BCUT2D eigenvalue weighted by Gasteiger charge is -2.31. The normalized spacial score (nSPS) is 17.3. The summed E-state index contributed by atoms with van der Waals surface area (Å²) in [6, 6.07) is 13.2. The lowest BCUT2D eigenvalue weighted by atomic mass is 9.99. The van der Waals surface area contributed by atoms with Gasteiger partial charge >= 0.3 is 0 Å². The topological polar surface area (TPSA) is 66.5 Å². The van der Waals surface area contributed by atoms with Crippen LogP contribution in [0.2, 0.25) is 10.0 Å². The molecule has 1 N–H and O–H groups in total. The van der Waals surface area contributed by atoms with Gasteiger partial charge in [-0.3, -0.25) is 4.79 Å². The van der Waals surface area contributed by atoms with Crippen molar-refractivity contribution < 1.29 is 13.2 Å². The lowest BCUT2D eigenvalue weighted by Crippen LogP contribution is -2.46. The van der Waals surface area contributed by atoms with E-state index >= 15 is 0 Å². The predicted molar refractivity (Wildman–Crippen MR) is 134 cm³/mol. The molecule has 0 bridgehead atoms. The Bertz CT molecular complexity index is 1030. The van der Waals surface area contributed by atoms with E-state index in [0.29, 0.717) is 41.5 Å². The molecule has 9 heteroatoms. The van der Waals surface area contributed by atoms with Crippen LogP contribution < -0.4 is 5.32 Å². The van der Waals surface area contributed by atoms with Crippen molar-refractivity contribution in [2.75, 3.05) is 25.4 Å². The number of thioether (sulfide) groups is 1. The van der Waals surface area contributed by atoms with Crippen molar-refractivity contribution in [1.82, 2.24) is 9.62 Å². The third-order valence-corrected chi connectivity index (χ3v) is 8.85. The largest absolute Gasteiger partial charge is 0.355 e. The lowest BCUT2D eigenvalue weighted by molar-refractivity contribution is -0.125. The molecule has 0 unspecified atom stereocenters. The molecule has 0 radical (unpaired) electrons. The van der Waals surface area contributed by atoms with Crippen LogP contribution in [0.25, 0.3) is 0 Å². The summed E-state index contributed by atoms with van der Waals surface area (Å²) < 4.78 is 27.2. The van der Waals surface area contributed by atoms with Crippen molar-refractivity contribution >= 4 is 50.9 Å². The van der Waals surface area contributed by atoms with Gasteiger partial charge in [0.15, 0.2) is 0 Å². The molecule has 0 saturated carbocycles. The van der Waals surface area contributed by atoms with Gasteiger partial charge in [0.05, 0.1) is 11.7 Å². The van der Waals surface area contributed by atoms with Crippen molar-refractivity contribution in [2.45, 2.75) is 31.3 Å². The molecule has 5 nitrogen and oxygen atoms in total. The summed E-state index contributed by atoms with van der Waals surface area (Å²) in [6.07, 6.45) is 1.35. The number of hydrogen-bond donors (Lipinski definition) is 1. The molecule has 1 amide bonds. The van der Waals surface area contributed by atoms with Crippen molar-refractivity contribution in [2.24, 2.45) is 5.92 Å². The van der Waals surface area contributed by atoms with Crippen molar-refractivity contribution in [1.29, 1.82) is 0 Å². The number of benzene rings is 2. The molecule has 2 aromatic carbocycles. The second-order valence-electron chi connectivity index (χ2n) is 8.02. The van der Waals surface area contributed by atoms with Gasteiger partial charge in [0.2, 0.25) is 15.9 Å². The van der Waals surface area contributed by atoms with E-state index in [1.807, 2.05) is 0 Å². The summed E-state index contributed by atoms with van der Waals surface area (Å²) in [6.45, 7) is 3.26. The van der Waals surface area contributed by atoms with E-state index in [1.54, 1.807) is 23.9 Å². The van der Waals surface area contributed by atoms with Crippen molar-refractivity contribution in [3.63, 3.8) is 0 Å². The number of sulfonamides is 1.